The standard InChI is InChI=1S/C19H28N2O5S/c1-4-20(5-2)27(24,25)17-11-8-10-16(13-17)19(23)26-14-18(22)21-12-7-6-9-15(21)3/h8,10-11,13,15H,4-7,9,12,14H2,1-3H3. The van der Waals surface area contributed by atoms with Crippen LogP contribution in [0.1, 0.15) is 50.4 Å². The SMILES string of the molecule is CCN(CC)S(=O)(=O)c1cccc(C(=O)OCC(=O)N2CCCCC2C)c1. The number of benzene rings is 1. The van der Waals surface area contributed by atoms with E-state index in [1.165, 1.54) is 28.6 Å². The Kier molecular flexibility index (Phi) is 7.38. The summed E-state index contributed by atoms with van der Waals surface area (Å²) >= 11 is 0. The van der Waals surface area contributed by atoms with E-state index in [0.717, 1.165) is 19.3 Å². The second-order valence-electron chi connectivity index (χ2n) is 6.63. The number of sulfonamides is 1. The van der Waals surface area contributed by atoms with E-state index in [9.17, 15) is 18.0 Å². The average Bonchev–Trinajstić information content (AvgIpc) is 2.67. The third kappa shape index (κ3) is 5.07. The van der Waals surface area contributed by atoms with E-state index in [-0.39, 0.29) is 29.0 Å². The van der Waals surface area contributed by atoms with Crippen molar-refractivity contribution in [1.29, 1.82) is 0 Å². The van der Waals surface area contributed by atoms with Crippen molar-refractivity contribution in [2.45, 2.75) is 51.0 Å². The molecule has 1 aliphatic heterocycles. The van der Waals surface area contributed by atoms with Gasteiger partial charge in [-0.15, -0.1) is 0 Å². The fraction of sp³-hybridized carbons (Fsp3) is 0.579. The third-order valence-corrected chi connectivity index (χ3v) is 6.91. The minimum Gasteiger partial charge on any atom is -0.452 e. The molecule has 1 saturated heterocycles. The van der Waals surface area contributed by atoms with Gasteiger partial charge < -0.3 is 9.64 Å². The first-order valence-electron chi connectivity index (χ1n) is 9.38. The van der Waals surface area contributed by atoms with E-state index >= 15 is 0 Å². The number of piperidine rings is 1. The molecular formula is C19H28N2O5S. The Morgan fingerprint density at radius 3 is 2.56 bits per heavy atom. The molecule has 1 heterocycles. The molecule has 1 atom stereocenters. The van der Waals surface area contributed by atoms with Crippen LogP contribution in [-0.4, -0.2) is 61.8 Å². The monoisotopic (exact) mass is 396 g/mol. The van der Waals surface area contributed by atoms with Gasteiger partial charge in [-0.2, -0.15) is 4.31 Å². The van der Waals surface area contributed by atoms with Crippen molar-refractivity contribution >= 4 is 21.9 Å². The average molecular weight is 397 g/mol. The van der Waals surface area contributed by atoms with Crippen molar-refractivity contribution < 1.29 is 22.7 Å². The molecule has 8 heteroatoms. The molecule has 1 aromatic rings. The number of likely N-dealkylation sites (tertiary alicyclic amines) is 1. The summed E-state index contributed by atoms with van der Waals surface area (Å²) in [6.45, 7) is 6.52. The van der Waals surface area contributed by atoms with Crippen LogP contribution in [0, 0.1) is 0 Å². The van der Waals surface area contributed by atoms with Gasteiger partial charge in [-0.25, -0.2) is 13.2 Å². The van der Waals surface area contributed by atoms with Gasteiger partial charge in [0.1, 0.15) is 0 Å². The van der Waals surface area contributed by atoms with Gasteiger partial charge in [0, 0.05) is 25.7 Å². The summed E-state index contributed by atoms with van der Waals surface area (Å²) in [5, 5.41) is 0. The van der Waals surface area contributed by atoms with E-state index in [2.05, 4.69) is 0 Å². The fourth-order valence-electron chi connectivity index (χ4n) is 3.26. The lowest BCUT2D eigenvalue weighted by atomic mass is 10.0. The Morgan fingerprint density at radius 1 is 1.22 bits per heavy atom. The highest BCUT2D eigenvalue weighted by Crippen LogP contribution is 2.18. The Labute approximate surface area is 161 Å². The predicted molar refractivity (Wildman–Crippen MR) is 102 cm³/mol. The number of hydrogen-bond donors (Lipinski definition) is 0. The summed E-state index contributed by atoms with van der Waals surface area (Å²) in [4.78, 5) is 26.4. The molecule has 1 fully saturated rings. The van der Waals surface area contributed by atoms with Crippen molar-refractivity contribution in [3.8, 4) is 0 Å². The molecule has 2 rings (SSSR count). The number of rotatable bonds is 7. The van der Waals surface area contributed by atoms with Gasteiger partial charge in [-0.05, 0) is 44.4 Å². The number of hydrogen-bond acceptors (Lipinski definition) is 5. The lowest BCUT2D eigenvalue weighted by Gasteiger charge is -2.33. The number of ether oxygens (including phenoxy) is 1. The number of carbonyl (C=O) groups excluding carboxylic acids is 2. The summed E-state index contributed by atoms with van der Waals surface area (Å²) in [5.74, 6) is -0.924. The van der Waals surface area contributed by atoms with E-state index in [0.29, 0.717) is 19.6 Å². The largest absolute Gasteiger partial charge is 0.452 e. The maximum atomic E-state index is 12.6. The third-order valence-electron chi connectivity index (χ3n) is 4.86. The van der Waals surface area contributed by atoms with Crippen LogP contribution >= 0.6 is 0 Å². The number of nitrogens with zero attached hydrogens (tertiary/aromatic N) is 2. The summed E-state index contributed by atoms with van der Waals surface area (Å²) in [6.07, 6.45) is 3.00. The summed E-state index contributed by atoms with van der Waals surface area (Å²) < 4.78 is 31.6. The topological polar surface area (TPSA) is 84.0 Å². The van der Waals surface area contributed by atoms with Gasteiger partial charge in [0.2, 0.25) is 10.0 Å². The van der Waals surface area contributed by atoms with Crippen molar-refractivity contribution in [2.24, 2.45) is 0 Å². The lowest BCUT2D eigenvalue weighted by Crippen LogP contribution is -2.44. The highest BCUT2D eigenvalue weighted by Gasteiger charge is 2.25. The smallest absolute Gasteiger partial charge is 0.338 e. The first kappa shape index (κ1) is 21.4. The van der Waals surface area contributed by atoms with E-state index in [1.807, 2.05) is 6.92 Å². The molecule has 7 nitrogen and oxygen atoms in total. The minimum atomic E-state index is -3.66. The first-order chi connectivity index (χ1) is 12.8. The number of carbonyl (C=O) groups is 2. The summed E-state index contributed by atoms with van der Waals surface area (Å²) in [7, 11) is -3.66. The molecular weight excluding hydrogens is 368 g/mol. The van der Waals surface area contributed by atoms with Gasteiger partial charge in [-0.3, -0.25) is 4.79 Å². The van der Waals surface area contributed by atoms with Crippen LogP contribution in [0.4, 0.5) is 0 Å². The Morgan fingerprint density at radius 2 is 1.93 bits per heavy atom. The van der Waals surface area contributed by atoms with Gasteiger partial charge >= 0.3 is 5.97 Å². The highest BCUT2D eigenvalue weighted by molar-refractivity contribution is 7.89. The zero-order valence-corrected chi connectivity index (χ0v) is 17.0. The molecule has 1 unspecified atom stereocenters. The van der Waals surface area contributed by atoms with Crippen LogP contribution in [-0.2, 0) is 19.6 Å². The molecule has 1 aromatic carbocycles. The van der Waals surface area contributed by atoms with E-state index in [1.54, 1.807) is 18.7 Å². The molecule has 0 saturated carbocycles. The van der Waals surface area contributed by atoms with Crippen molar-refractivity contribution in [3.05, 3.63) is 29.8 Å². The van der Waals surface area contributed by atoms with Gasteiger partial charge in [0.05, 0.1) is 10.5 Å². The van der Waals surface area contributed by atoms with Crippen LogP contribution < -0.4 is 0 Å². The molecule has 0 aliphatic carbocycles. The zero-order valence-electron chi connectivity index (χ0n) is 16.2. The van der Waals surface area contributed by atoms with Crippen LogP contribution in [0.3, 0.4) is 0 Å². The molecule has 27 heavy (non-hydrogen) atoms. The first-order valence-corrected chi connectivity index (χ1v) is 10.8. The quantitative estimate of drug-likeness (QED) is 0.660. The summed E-state index contributed by atoms with van der Waals surface area (Å²) in [6, 6.07) is 5.88. The van der Waals surface area contributed by atoms with Crippen molar-refractivity contribution in [3.63, 3.8) is 0 Å². The zero-order chi connectivity index (χ0) is 20.0. The van der Waals surface area contributed by atoms with Crippen molar-refractivity contribution in [1.82, 2.24) is 9.21 Å². The van der Waals surface area contributed by atoms with Gasteiger partial charge in [0.15, 0.2) is 6.61 Å². The van der Waals surface area contributed by atoms with Crippen LogP contribution in [0.2, 0.25) is 0 Å². The molecule has 0 spiro atoms. The molecule has 1 aliphatic rings. The van der Waals surface area contributed by atoms with Crippen LogP contribution in [0.25, 0.3) is 0 Å². The Hall–Kier alpha value is -1.93. The second kappa shape index (κ2) is 9.32. The fourth-order valence-corrected chi connectivity index (χ4v) is 4.76. The number of esters is 1. The molecule has 1 amide bonds. The van der Waals surface area contributed by atoms with E-state index < -0.39 is 16.0 Å². The molecule has 0 aromatic heterocycles. The molecule has 0 bridgehead atoms. The lowest BCUT2D eigenvalue weighted by molar-refractivity contribution is -0.137. The summed E-state index contributed by atoms with van der Waals surface area (Å²) in [5.41, 5.74) is 0.114. The second-order valence-corrected chi connectivity index (χ2v) is 8.56. The normalized spacial score (nSPS) is 17.8. The van der Waals surface area contributed by atoms with Crippen LogP contribution in [0.5, 0.6) is 0 Å². The number of amides is 1. The van der Waals surface area contributed by atoms with E-state index in [4.69, 9.17) is 4.74 Å². The maximum Gasteiger partial charge on any atom is 0.338 e. The Balaban J connectivity index is 2.06. The molecule has 0 N–H and O–H groups in total. The van der Waals surface area contributed by atoms with Crippen molar-refractivity contribution in [2.75, 3.05) is 26.2 Å². The highest BCUT2D eigenvalue weighted by atomic mass is 32.2. The van der Waals surface area contributed by atoms with Gasteiger partial charge in [0.25, 0.3) is 5.91 Å². The van der Waals surface area contributed by atoms with Gasteiger partial charge in [-0.1, -0.05) is 19.9 Å². The molecule has 0 radical (unpaired) electrons. The molecule has 150 valence electrons. The Bertz CT molecular complexity index is 774. The van der Waals surface area contributed by atoms with Crippen LogP contribution in [0.15, 0.2) is 29.2 Å². The predicted octanol–water partition coefficient (Wildman–Crippen LogP) is 2.27. The minimum absolute atomic E-state index is 0.0385. The maximum absolute atomic E-state index is 12.6.